The van der Waals surface area contributed by atoms with Crippen molar-refractivity contribution in [2.45, 2.75) is 91.6 Å². The van der Waals surface area contributed by atoms with Crippen LogP contribution in [-0.2, 0) is 28.5 Å². The summed E-state index contributed by atoms with van der Waals surface area (Å²) < 4.78 is 18.2. The number of aliphatic hydroxyl groups is 1. The number of allylic oxidation sites excluding steroid dienone is 1. The molecule has 2 saturated carbocycles. The number of rotatable bonds is 6. The molecule has 0 amide bonds. The van der Waals surface area contributed by atoms with E-state index in [9.17, 15) is 19.5 Å². The Bertz CT molecular complexity index is 1130. The van der Waals surface area contributed by atoms with Gasteiger partial charge < -0.3 is 24.1 Å². The van der Waals surface area contributed by atoms with Crippen molar-refractivity contribution in [2.75, 3.05) is 19.8 Å². The molecule has 0 radical (unpaired) electrons. The molecule has 42 heavy (non-hydrogen) atoms. The fourth-order valence-corrected chi connectivity index (χ4v) is 7.90. The van der Waals surface area contributed by atoms with E-state index in [-0.39, 0.29) is 43.0 Å². The molecule has 1 heterocycles. The number of halogens is 6. The summed E-state index contributed by atoms with van der Waals surface area (Å²) in [6.07, 6.45) is -0.683. The average Bonchev–Trinajstić information content (AvgIpc) is 2.84. The van der Waals surface area contributed by atoms with Gasteiger partial charge in [0.05, 0.1) is 23.7 Å². The second kappa shape index (κ2) is 12.2. The number of hydrogen-bond acceptors (Lipinski definition) is 8. The topological polar surface area (TPSA) is 108 Å². The van der Waals surface area contributed by atoms with E-state index in [1.165, 1.54) is 0 Å². The first-order valence-electron chi connectivity index (χ1n) is 13.9. The maximum Gasteiger partial charge on any atom is 0.508 e. The van der Waals surface area contributed by atoms with Crippen LogP contribution in [0.5, 0.6) is 0 Å². The van der Waals surface area contributed by atoms with Crippen molar-refractivity contribution in [3.63, 3.8) is 0 Å². The molecule has 3 aliphatic carbocycles. The number of hydrogen-bond donors (Lipinski definition) is 1. The third-order valence-corrected chi connectivity index (χ3v) is 10.6. The van der Waals surface area contributed by atoms with Crippen molar-refractivity contribution < 1.29 is 38.4 Å². The zero-order valence-electron chi connectivity index (χ0n) is 23.8. The van der Waals surface area contributed by atoms with E-state index in [4.69, 9.17) is 88.6 Å². The Labute approximate surface area is 275 Å². The summed E-state index contributed by atoms with van der Waals surface area (Å²) in [4.78, 5) is 40.4. The van der Waals surface area contributed by atoms with Gasteiger partial charge in [0, 0.05) is 24.2 Å². The standard InChI is InChI=1S/C28H36Cl6O8/c1-14-7-8-26(38)10-17-16-11-39-18(16)9-19(42-23(37)41-13-28(32,33)34)25(17,4)22(36)15(21(14)24(26,2)3)5-6-20(35)40-12-27(29,30)31/h14,16-19,38H,5-13H2,1-4H3/b21-15-. The highest BCUT2D eigenvalue weighted by molar-refractivity contribution is 6.68. The van der Waals surface area contributed by atoms with E-state index in [0.29, 0.717) is 31.4 Å². The molecule has 1 N–H and O–H groups in total. The van der Waals surface area contributed by atoms with Crippen LogP contribution in [0.4, 0.5) is 4.79 Å². The monoisotopic (exact) mass is 710 g/mol. The minimum absolute atomic E-state index is 0.0350. The molecule has 1 saturated heterocycles. The van der Waals surface area contributed by atoms with Crippen molar-refractivity contribution >= 4 is 87.5 Å². The number of carbonyl (C=O) groups is 3. The van der Waals surface area contributed by atoms with Crippen LogP contribution in [-0.4, -0.2) is 68.2 Å². The molecule has 3 fully saturated rings. The van der Waals surface area contributed by atoms with Gasteiger partial charge in [-0.3, -0.25) is 9.59 Å². The fourth-order valence-electron chi connectivity index (χ4n) is 7.57. The third kappa shape index (κ3) is 6.81. The first-order valence-corrected chi connectivity index (χ1v) is 16.2. The molecule has 14 heteroatoms. The quantitative estimate of drug-likeness (QED) is 0.230. The van der Waals surface area contributed by atoms with Crippen LogP contribution in [0, 0.1) is 28.6 Å². The number of fused-ring (bicyclic) bond motifs is 5. The number of carbonyl (C=O) groups excluding carboxylic acids is 3. The highest BCUT2D eigenvalue weighted by Crippen LogP contribution is 2.62. The van der Waals surface area contributed by atoms with Crippen molar-refractivity contribution in [2.24, 2.45) is 28.6 Å². The molecular weight excluding hydrogens is 677 g/mol. The Balaban J connectivity index is 1.76. The third-order valence-electron chi connectivity index (χ3n) is 9.92. The smallest absolute Gasteiger partial charge is 0.461 e. The molecule has 0 aromatic heterocycles. The van der Waals surface area contributed by atoms with E-state index >= 15 is 0 Å². The Kier molecular flexibility index (Phi) is 10.1. The van der Waals surface area contributed by atoms with Gasteiger partial charge >= 0.3 is 12.1 Å². The minimum Gasteiger partial charge on any atom is -0.461 e. The Morgan fingerprint density at radius 1 is 1.05 bits per heavy atom. The number of ether oxygens (including phenoxy) is 4. The zero-order valence-corrected chi connectivity index (χ0v) is 28.4. The highest BCUT2D eigenvalue weighted by Gasteiger charge is 2.66. The van der Waals surface area contributed by atoms with Gasteiger partial charge in [0.1, 0.15) is 19.3 Å². The summed E-state index contributed by atoms with van der Waals surface area (Å²) in [5.41, 5.74) is -2.01. The molecule has 4 aliphatic rings. The van der Waals surface area contributed by atoms with Crippen LogP contribution < -0.4 is 0 Å². The Hall–Kier alpha value is -0.190. The first-order chi connectivity index (χ1) is 19.2. The summed E-state index contributed by atoms with van der Waals surface area (Å²) in [7, 11) is 0. The second-order valence-electron chi connectivity index (χ2n) is 12.7. The predicted octanol–water partition coefficient (Wildman–Crippen LogP) is 7.07. The number of alkyl halides is 6. The minimum atomic E-state index is -1.85. The van der Waals surface area contributed by atoms with Crippen LogP contribution in [0.3, 0.4) is 0 Å². The molecule has 7 atom stereocenters. The summed E-state index contributed by atoms with van der Waals surface area (Å²) >= 11 is 34.4. The second-order valence-corrected chi connectivity index (χ2v) is 17.8. The van der Waals surface area contributed by atoms with E-state index in [0.717, 1.165) is 5.57 Å². The molecule has 8 nitrogen and oxygen atoms in total. The number of Topliss-reactive ketones (excluding diaryl/α,β-unsaturated/α-hetero) is 1. The number of ketones is 1. The van der Waals surface area contributed by atoms with Gasteiger partial charge in [-0.05, 0) is 50.0 Å². The summed E-state index contributed by atoms with van der Waals surface area (Å²) in [6, 6.07) is 0. The molecule has 0 aromatic carbocycles. The lowest BCUT2D eigenvalue weighted by Gasteiger charge is -2.62. The Morgan fingerprint density at radius 2 is 1.67 bits per heavy atom. The van der Waals surface area contributed by atoms with Gasteiger partial charge in [0.25, 0.3) is 0 Å². The van der Waals surface area contributed by atoms with Crippen molar-refractivity contribution in [3.05, 3.63) is 11.1 Å². The highest BCUT2D eigenvalue weighted by atomic mass is 35.6. The molecule has 7 unspecified atom stereocenters. The maximum absolute atomic E-state index is 14.9. The summed E-state index contributed by atoms with van der Waals surface area (Å²) in [6.45, 7) is 7.13. The van der Waals surface area contributed by atoms with Gasteiger partial charge in [-0.1, -0.05) is 95.9 Å². The molecule has 1 aliphatic heterocycles. The van der Waals surface area contributed by atoms with Gasteiger partial charge in [-0.25, -0.2) is 4.79 Å². The molecule has 4 rings (SSSR count). The average molecular weight is 713 g/mol. The lowest BCUT2D eigenvalue weighted by Crippen LogP contribution is -2.67. The fraction of sp³-hybridized carbons (Fsp3) is 0.821. The summed E-state index contributed by atoms with van der Waals surface area (Å²) in [5.74, 6) is -1.36. The van der Waals surface area contributed by atoms with Crippen LogP contribution in [0.2, 0.25) is 0 Å². The molecule has 238 valence electrons. The zero-order chi connectivity index (χ0) is 31.5. The van der Waals surface area contributed by atoms with Crippen molar-refractivity contribution in [1.29, 1.82) is 0 Å². The van der Waals surface area contributed by atoms with Crippen LogP contribution in [0.25, 0.3) is 0 Å². The first kappa shape index (κ1) is 34.7. The van der Waals surface area contributed by atoms with Crippen LogP contribution >= 0.6 is 69.6 Å². The van der Waals surface area contributed by atoms with E-state index in [1.54, 1.807) is 6.92 Å². The lowest BCUT2D eigenvalue weighted by molar-refractivity contribution is -0.238. The van der Waals surface area contributed by atoms with E-state index in [2.05, 4.69) is 0 Å². The largest absolute Gasteiger partial charge is 0.508 e. The normalized spacial score (nSPS) is 37.8. The predicted molar refractivity (Wildman–Crippen MR) is 160 cm³/mol. The van der Waals surface area contributed by atoms with Gasteiger partial charge in [0.2, 0.25) is 7.59 Å². The van der Waals surface area contributed by atoms with Crippen molar-refractivity contribution in [3.8, 4) is 0 Å². The maximum atomic E-state index is 14.9. The molecular formula is C28H36Cl6O8. The molecule has 0 aromatic rings. The molecule has 2 bridgehead atoms. The number of esters is 1. The Morgan fingerprint density at radius 3 is 2.24 bits per heavy atom. The van der Waals surface area contributed by atoms with Crippen LogP contribution in [0.1, 0.15) is 66.2 Å². The van der Waals surface area contributed by atoms with E-state index < -0.39 is 61.4 Å². The SMILES string of the molecule is CC1CCC2(O)CC3C4COC4CC(OC(=O)OCC(Cl)(Cl)Cl)C3(C)C(=O)/C(CCC(=O)OCC(Cl)(Cl)Cl)=C/1C2(C)C. The molecule has 0 spiro atoms. The lowest BCUT2D eigenvalue weighted by atomic mass is 9.46. The van der Waals surface area contributed by atoms with Gasteiger partial charge in [-0.2, -0.15) is 0 Å². The van der Waals surface area contributed by atoms with Crippen molar-refractivity contribution in [1.82, 2.24) is 0 Å². The summed E-state index contributed by atoms with van der Waals surface area (Å²) in [5, 5.41) is 12.3. The van der Waals surface area contributed by atoms with E-state index in [1.807, 2.05) is 20.8 Å². The van der Waals surface area contributed by atoms with Gasteiger partial charge in [-0.15, -0.1) is 0 Å². The van der Waals surface area contributed by atoms with Gasteiger partial charge in [0.15, 0.2) is 5.78 Å². The van der Waals surface area contributed by atoms with Crippen LogP contribution in [0.15, 0.2) is 11.1 Å².